The Hall–Kier alpha value is -1.52. The van der Waals surface area contributed by atoms with E-state index >= 15 is 0 Å². The molecular weight excluding hydrogens is 277 g/mol. The zero-order valence-corrected chi connectivity index (χ0v) is 11.0. The average molecular weight is 290 g/mol. The van der Waals surface area contributed by atoms with Gasteiger partial charge in [0.1, 0.15) is 0 Å². The molecule has 1 rings (SSSR count). The maximum atomic E-state index is 11.9. The van der Waals surface area contributed by atoms with Crippen molar-refractivity contribution in [3.63, 3.8) is 0 Å². The number of halogens is 3. The number of rotatable bonds is 3. The average Bonchev–Trinajstić information content (AvgIpc) is 2.66. The lowest BCUT2D eigenvalue weighted by atomic mass is 10.2. The van der Waals surface area contributed by atoms with E-state index in [1.807, 2.05) is 0 Å². The zero-order valence-electron chi connectivity index (χ0n) is 10.2. The van der Waals surface area contributed by atoms with Crippen LogP contribution in [0.5, 0.6) is 0 Å². The van der Waals surface area contributed by atoms with E-state index in [2.05, 4.69) is 17.2 Å². The third-order valence-electron chi connectivity index (χ3n) is 2.14. The molecule has 1 aromatic heterocycles. The predicted molar refractivity (Wildman–Crippen MR) is 68.0 cm³/mol. The van der Waals surface area contributed by atoms with E-state index in [1.54, 1.807) is 13.0 Å². The molecule has 7 heteroatoms. The fourth-order valence-electron chi connectivity index (χ4n) is 1.25. The van der Waals surface area contributed by atoms with Crippen molar-refractivity contribution < 1.29 is 18.0 Å². The Morgan fingerprint density at radius 1 is 1.53 bits per heavy atom. The number of hydrogen-bond donors (Lipinski definition) is 2. The molecule has 19 heavy (non-hydrogen) atoms. The molecule has 0 radical (unpaired) electrons. The lowest BCUT2D eigenvalue weighted by molar-refractivity contribution is -0.132. The van der Waals surface area contributed by atoms with Crippen LogP contribution in [-0.4, -0.2) is 25.2 Å². The summed E-state index contributed by atoms with van der Waals surface area (Å²) in [7, 11) is 0. The van der Waals surface area contributed by atoms with Gasteiger partial charge in [0, 0.05) is 6.54 Å². The molecule has 0 unspecified atom stereocenters. The van der Waals surface area contributed by atoms with Crippen LogP contribution in [0.4, 0.5) is 13.2 Å². The van der Waals surface area contributed by atoms with Crippen molar-refractivity contribution in [3.8, 4) is 11.8 Å². The summed E-state index contributed by atoms with van der Waals surface area (Å²) in [5.74, 6) is 4.96. The minimum Gasteiger partial charge on any atom is -0.351 e. The van der Waals surface area contributed by atoms with Gasteiger partial charge in [-0.1, -0.05) is 11.8 Å². The van der Waals surface area contributed by atoms with Gasteiger partial charge in [0.15, 0.2) is 0 Å². The zero-order chi connectivity index (χ0) is 14.5. The van der Waals surface area contributed by atoms with E-state index in [9.17, 15) is 18.0 Å². The first-order chi connectivity index (χ1) is 8.83. The topological polar surface area (TPSA) is 55.1 Å². The number of aryl methyl sites for hydroxylation is 1. The molecule has 3 N–H and O–H groups in total. The molecule has 0 aliphatic heterocycles. The van der Waals surface area contributed by atoms with Crippen molar-refractivity contribution in [2.24, 2.45) is 5.73 Å². The van der Waals surface area contributed by atoms with Crippen LogP contribution in [0, 0.1) is 18.8 Å². The number of alkyl halides is 3. The van der Waals surface area contributed by atoms with Gasteiger partial charge in [0.2, 0.25) is 0 Å². The van der Waals surface area contributed by atoms with Gasteiger partial charge < -0.3 is 11.1 Å². The summed E-state index contributed by atoms with van der Waals surface area (Å²) in [6.45, 7) is 1.57. The highest BCUT2D eigenvalue weighted by Gasteiger charge is 2.26. The van der Waals surface area contributed by atoms with Crippen molar-refractivity contribution in [1.82, 2.24) is 5.32 Å². The van der Waals surface area contributed by atoms with Gasteiger partial charge in [-0.25, -0.2) is 0 Å². The number of nitrogens with one attached hydrogen (secondary N) is 1. The van der Waals surface area contributed by atoms with Gasteiger partial charge in [-0.15, -0.1) is 11.3 Å². The summed E-state index contributed by atoms with van der Waals surface area (Å²) in [4.78, 5) is 12.7. The van der Waals surface area contributed by atoms with Crippen molar-refractivity contribution in [2.75, 3.05) is 13.1 Å². The normalized spacial score (nSPS) is 10.8. The number of nitrogens with two attached hydrogens (primary N) is 1. The highest BCUT2D eigenvalue weighted by Crippen LogP contribution is 2.21. The molecule has 0 aliphatic carbocycles. The Morgan fingerprint density at radius 3 is 2.79 bits per heavy atom. The Morgan fingerprint density at radius 2 is 2.21 bits per heavy atom. The van der Waals surface area contributed by atoms with Crippen LogP contribution in [0.2, 0.25) is 0 Å². The van der Waals surface area contributed by atoms with Gasteiger partial charge in [-0.05, 0) is 18.6 Å². The number of hydrogen-bond acceptors (Lipinski definition) is 3. The molecule has 0 bridgehead atoms. The standard InChI is InChI=1S/C12H13F3N2OS/c1-8-7-10(19-9(8)3-2-5-16)11(18)17-6-4-12(13,14)15/h7H,4-6,16H2,1H3,(H,17,18). The maximum absolute atomic E-state index is 11.9. The first kappa shape index (κ1) is 15.5. The van der Waals surface area contributed by atoms with E-state index in [-0.39, 0.29) is 6.54 Å². The fraction of sp³-hybridized carbons (Fsp3) is 0.417. The summed E-state index contributed by atoms with van der Waals surface area (Å²) in [6.07, 6.45) is -5.31. The molecule has 0 saturated heterocycles. The number of thiophene rings is 1. The molecular formula is C12H13F3N2OS. The molecule has 1 heterocycles. The third-order valence-corrected chi connectivity index (χ3v) is 3.29. The molecule has 0 atom stereocenters. The molecule has 0 saturated carbocycles. The van der Waals surface area contributed by atoms with Crippen molar-refractivity contribution in [3.05, 3.63) is 21.4 Å². The van der Waals surface area contributed by atoms with E-state index in [0.717, 1.165) is 16.9 Å². The minimum atomic E-state index is -4.27. The molecule has 1 aromatic rings. The second-order valence-corrected chi connectivity index (χ2v) is 4.80. The Balaban J connectivity index is 2.63. The number of carbonyl (C=O) groups excluding carboxylic acids is 1. The first-order valence-corrected chi connectivity index (χ1v) is 6.29. The highest BCUT2D eigenvalue weighted by atomic mass is 32.1. The summed E-state index contributed by atoms with van der Waals surface area (Å²) in [5.41, 5.74) is 6.06. The molecule has 0 aliphatic rings. The van der Waals surface area contributed by atoms with Crippen molar-refractivity contribution in [2.45, 2.75) is 19.5 Å². The number of carbonyl (C=O) groups is 1. The third kappa shape index (κ3) is 5.32. The maximum Gasteiger partial charge on any atom is 0.390 e. The minimum absolute atomic E-state index is 0.213. The van der Waals surface area contributed by atoms with Crippen molar-refractivity contribution in [1.29, 1.82) is 0 Å². The lowest BCUT2D eigenvalue weighted by Crippen LogP contribution is -2.27. The van der Waals surface area contributed by atoms with Crippen LogP contribution in [-0.2, 0) is 0 Å². The molecule has 0 aromatic carbocycles. The van der Waals surface area contributed by atoms with E-state index in [1.165, 1.54) is 0 Å². The second kappa shape index (κ2) is 6.59. The van der Waals surface area contributed by atoms with Crippen LogP contribution in [0.3, 0.4) is 0 Å². The Labute approximate surface area is 113 Å². The van der Waals surface area contributed by atoms with Gasteiger partial charge >= 0.3 is 6.18 Å². The quantitative estimate of drug-likeness (QED) is 0.837. The number of amides is 1. The monoisotopic (exact) mass is 290 g/mol. The molecule has 0 fully saturated rings. The van der Waals surface area contributed by atoms with Crippen LogP contribution in [0.25, 0.3) is 0 Å². The summed E-state index contributed by atoms with van der Waals surface area (Å²) < 4.78 is 35.8. The summed E-state index contributed by atoms with van der Waals surface area (Å²) in [5, 5.41) is 2.23. The smallest absolute Gasteiger partial charge is 0.351 e. The SMILES string of the molecule is Cc1cc(C(=O)NCCC(F)(F)F)sc1C#CCN. The lowest BCUT2D eigenvalue weighted by Gasteiger charge is -2.06. The predicted octanol–water partition coefficient (Wildman–Crippen LogP) is 2.05. The van der Waals surface area contributed by atoms with E-state index < -0.39 is 25.0 Å². The Bertz CT molecular complexity index is 511. The Kier molecular flexibility index (Phi) is 5.39. The van der Waals surface area contributed by atoms with E-state index in [4.69, 9.17) is 5.73 Å². The molecule has 104 valence electrons. The van der Waals surface area contributed by atoms with Gasteiger partial charge in [-0.3, -0.25) is 4.79 Å². The van der Waals surface area contributed by atoms with Crippen LogP contribution in [0.15, 0.2) is 6.07 Å². The summed E-state index contributed by atoms with van der Waals surface area (Å²) >= 11 is 1.14. The molecule has 3 nitrogen and oxygen atoms in total. The van der Waals surface area contributed by atoms with Gasteiger partial charge in [-0.2, -0.15) is 13.2 Å². The second-order valence-electron chi connectivity index (χ2n) is 3.75. The molecule has 1 amide bonds. The van der Waals surface area contributed by atoms with Gasteiger partial charge in [0.25, 0.3) is 5.91 Å². The van der Waals surface area contributed by atoms with Crippen LogP contribution < -0.4 is 11.1 Å². The summed E-state index contributed by atoms with van der Waals surface area (Å²) in [6, 6.07) is 1.61. The fourth-order valence-corrected chi connectivity index (χ4v) is 2.22. The highest BCUT2D eigenvalue weighted by molar-refractivity contribution is 7.14. The van der Waals surface area contributed by atoms with Crippen molar-refractivity contribution >= 4 is 17.2 Å². The molecule has 0 spiro atoms. The van der Waals surface area contributed by atoms with Crippen LogP contribution >= 0.6 is 11.3 Å². The van der Waals surface area contributed by atoms with Crippen LogP contribution in [0.1, 0.15) is 26.5 Å². The van der Waals surface area contributed by atoms with E-state index in [0.29, 0.717) is 9.75 Å². The largest absolute Gasteiger partial charge is 0.390 e. The van der Waals surface area contributed by atoms with Gasteiger partial charge in [0.05, 0.1) is 22.7 Å². The first-order valence-electron chi connectivity index (χ1n) is 5.48.